The maximum atomic E-state index is 13.5. The van der Waals surface area contributed by atoms with E-state index in [0.717, 1.165) is 0 Å². The molecule has 1 heterocycles. The van der Waals surface area contributed by atoms with Crippen molar-refractivity contribution in [2.24, 2.45) is 0 Å². The molecule has 4 nitrogen and oxygen atoms in total. The summed E-state index contributed by atoms with van der Waals surface area (Å²) in [6, 6.07) is 4.26. The second-order valence-corrected chi connectivity index (χ2v) is 6.51. The average Bonchev–Trinajstić information content (AvgIpc) is 2.70. The van der Waals surface area contributed by atoms with E-state index in [1.54, 1.807) is 6.07 Å². The number of hydrogen-bond acceptors (Lipinski definition) is 3. The SMILES string of the molecule is O=S(=O)(Cl)c1cn(Cc2ccc(Cl)cc2F)cn1. The molecule has 2 rings (SSSR count). The van der Waals surface area contributed by atoms with E-state index in [1.165, 1.54) is 29.2 Å². The number of imidazole rings is 1. The highest BCUT2D eigenvalue weighted by Crippen LogP contribution is 2.17. The molecular weight excluding hydrogens is 302 g/mol. The van der Waals surface area contributed by atoms with Gasteiger partial charge in [-0.05, 0) is 12.1 Å². The Bertz CT molecular complexity index is 685. The number of nitrogens with zero attached hydrogens (tertiary/aromatic N) is 2. The lowest BCUT2D eigenvalue weighted by Gasteiger charge is -2.04. The molecule has 96 valence electrons. The van der Waals surface area contributed by atoms with Gasteiger partial charge < -0.3 is 4.57 Å². The van der Waals surface area contributed by atoms with E-state index in [4.69, 9.17) is 22.3 Å². The van der Waals surface area contributed by atoms with Gasteiger partial charge in [-0.25, -0.2) is 17.8 Å². The fourth-order valence-electron chi connectivity index (χ4n) is 1.40. The van der Waals surface area contributed by atoms with Crippen LogP contribution in [0.15, 0.2) is 35.7 Å². The molecule has 0 radical (unpaired) electrons. The fourth-order valence-corrected chi connectivity index (χ4v) is 2.23. The van der Waals surface area contributed by atoms with Gasteiger partial charge in [-0.1, -0.05) is 17.7 Å². The van der Waals surface area contributed by atoms with Gasteiger partial charge in [0.25, 0.3) is 9.05 Å². The fraction of sp³-hybridized carbons (Fsp3) is 0.100. The number of aromatic nitrogens is 2. The molecule has 8 heteroatoms. The lowest BCUT2D eigenvalue weighted by molar-refractivity contribution is 0.599. The van der Waals surface area contributed by atoms with E-state index >= 15 is 0 Å². The van der Waals surface area contributed by atoms with Gasteiger partial charge in [-0.3, -0.25) is 0 Å². The van der Waals surface area contributed by atoms with Gasteiger partial charge in [0.05, 0.1) is 12.9 Å². The van der Waals surface area contributed by atoms with Crippen LogP contribution in [-0.2, 0) is 15.6 Å². The van der Waals surface area contributed by atoms with E-state index in [-0.39, 0.29) is 11.6 Å². The summed E-state index contributed by atoms with van der Waals surface area (Å²) in [5, 5.41) is 0.0319. The summed E-state index contributed by atoms with van der Waals surface area (Å²) in [4.78, 5) is 3.63. The summed E-state index contributed by atoms with van der Waals surface area (Å²) in [6.07, 6.45) is 2.50. The normalized spacial score (nSPS) is 11.7. The van der Waals surface area contributed by atoms with Crippen molar-refractivity contribution in [2.45, 2.75) is 11.6 Å². The molecule has 0 aliphatic heterocycles. The average molecular weight is 309 g/mol. The minimum Gasteiger partial charge on any atom is -0.332 e. The monoisotopic (exact) mass is 308 g/mol. The van der Waals surface area contributed by atoms with Gasteiger partial charge >= 0.3 is 0 Å². The van der Waals surface area contributed by atoms with Crippen molar-refractivity contribution in [3.8, 4) is 0 Å². The number of hydrogen-bond donors (Lipinski definition) is 0. The molecule has 0 saturated carbocycles. The quantitative estimate of drug-likeness (QED) is 0.819. The van der Waals surface area contributed by atoms with E-state index in [9.17, 15) is 12.8 Å². The maximum Gasteiger partial charge on any atom is 0.280 e. The second-order valence-electron chi connectivity index (χ2n) is 3.56. The van der Waals surface area contributed by atoms with E-state index in [2.05, 4.69) is 4.98 Å². The summed E-state index contributed by atoms with van der Waals surface area (Å²) >= 11 is 5.63. The Kier molecular flexibility index (Phi) is 3.61. The molecule has 0 aliphatic rings. The van der Waals surface area contributed by atoms with Crippen LogP contribution in [0, 0.1) is 5.82 Å². The first-order chi connectivity index (χ1) is 8.36. The molecule has 0 unspecified atom stereocenters. The zero-order valence-electron chi connectivity index (χ0n) is 8.85. The van der Waals surface area contributed by atoms with Crippen molar-refractivity contribution in [1.82, 2.24) is 9.55 Å². The third kappa shape index (κ3) is 3.01. The van der Waals surface area contributed by atoms with Gasteiger partial charge in [0.2, 0.25) is 0 Å². The van der Waals surface area contributed by atoms with Crippen molar-refractivity contribution in [3.05, 3.63) is 47.1 Å². The number of rotatable bonds is 3. The first-order valence-corrected chi connectivity index (χ1v) is 7.45. The summed E-state index contributed by atoms with van der Waals surface area (Å²) in [6.45, 7) is 0.141. The summed E-state index contributed by atoms with van der Waals surface area (Å²) < 4.78 is 36.9. The smallest absolute Gasteiger partial charge is 0.280 e. The number of benzene rings is 1. The topological polar surface area (TPSA) is 52.0 Å². The van der Waals surface area contributed by atoms with Crippen LogP contribution in [0.2, 0.25) is 5.02 Å². The molecule has 0 N–H and O–H groups in total. The third-order valence-electron chi connectivity index (χ3n) is 2.23. The Morgan fingerprint density at radius 2 is 2.11 bits per heavy atom. The first-order valence-electron chi connectivity index (χ1n) is 4.76. The first kappa shape index (κ1) is 13.3. The predicted molar refractivity (Wildman–Crippen MR) is 65.8 cm³/mol. The highest BCUT2D eigenvalue weighted by Gasteiger charge is 2.14. The molecule has 1 aromatic heterocycles. The molecule has 0 amide bonds. The van der Waals surface area contributed by atoms with Gasteiger partial charge in [-0.2, -0.15) is 0 Å². The van der Waals surface area contributed by atoms with Gasteiger partial charge in [0.1, 0.15) is 5.82 Å². The summed E-state index contributed by atoms with van der Waals surface area (Å²) in [7, 11) is 1.27. The highest BCUT2D eigenvalue weighted by molar-refractivity contribution is 8.13. The van der Waals surface area contributed by atoms with Crippen LogP contribution in [0.3, 0.4) is 0 Å². The maximum absolute atomic E-state index is 13.5. The Morgan fingerprint density at radius 3 is 2.67 bits per heavy atom. The third-order valence-corrected chi connectivity index (χ3v) is 3.65. The molecule has 0 atom stereocenters. The molecule has 0 spiro atoms. The molecule has 0 aliphatic carbocycles. The van der Waals surface area contributed by atoms with Gasteiger partial charge in [0, 0.05) is 27.5 Å². The van der Waals surface area contributed by atoms with E-state index in [1.807, 2.05) is 0 Å². The molecule has 2 aromatic rings. The van der Waals surface area contributed by atoms with Crippen LogP contribution < -0.4 is 0 Å². The predicted octanol–water partition coefficient (Wildman–Crippen LogP) is 2.65. The molecule has 0 fully saturated rings. The van der Waals surface area contributed by atoms with Crippen LogP contribution in [0.5, 0.6) is 0 Å². The summed E-state index contributed by atoms with van der Waals surface area (Å²) in [5.41, 5.74) is 0.371. The van der Waals surface area contributed by atoms with E-state index in [0.29, 0.717) is 10.6 Å². The van der Waals surface area contributed by atoms with Crippen LogP contribution in [-0.4, -0.2) is 18.0 Å². The van der Waals surface area contributed by atoms with Crippen molar-refractivity contribution in [2.75, 3.05) is 0 Å². The zero-order chi connectivity index (χ0) is 13.3. The van der Waals surface area contributed by atoms with Crippen molar-refractivity contribution >= 4 is 31.3 Å². The standard InChI is InChI=1S/C10H7Cl2FN2O2S/c11-8-2-1-7(9(13)3-8)4-15-5-10(14-6-15)18(12,16)17/h1-3,5-6H,4H2. The molecule has 18 heavy (non-hydrogen) atoms. The Hall–Kier alpha value is -1.11. The van der Waals surface area contributed by atoms with Gasteiger partial charge in [0.15, 0.2) is 5.03 Å². The lowest BCUT2D eigenvalue weighted by Crippen LogP contribution is -1.99. The lowest BCUT2D eigenvalue weighted by atomic mass is 10.2. The molecule has 0 saturated heterocycles. The van der Waals surface area contributed by atoms with Crippen molar-refractivity contribution in [3.63, 3.8) is 0 Å². The van der Waals surface area contributed by atoms with Crippen LogP contribution in [0.1, 0.15) is 5.56 Å². The molecular formula is C10H7Cl2FN2O2S. The van der Waals surface area contributed by atoms with Crippen LogP contribution >= 0.6 is 22.3 Å². The van der Waals surface area contributed by atoms with Gasteiger partial charge in [-0.15, -0.1) is 0 Å². The van der Waals surface area contributed by atoms with Crippen molar-refractivity contribution in [1.29, 1.82) is 0 Å². The minimum absolute atomic E-state index is 0.141. The second kappa shape index (κ2) is 4.87. The highest BCUT2D eigenvalue weighted by atomic mass is 35.7. The number of halogens is 3. The minimum atomic E-state index is -3.87. The van der Waals surface area contributed by atoms with E-state index < -0.39 is 14.9 Å². The Labute approximate surface area is 112 Å². The van der Waals surface area contributed by atoms with Crippen molar-refractivity contribution < 1.29 is 12.8 Å². The Balaban J connectivity index is 2.27. The zero-order valence-corrected chi connectivity index (χ0v) is 11.2. The Morgan fingerprint density at radius 1 is 1.39 bits per heavy atom. The molecule has 0 bridgehead atoms. The van der Waals surface area contributed by atoms with Crippen LogP contribution in [0.25, 0.3) is 0 Å². The summed E-state index contributed by atoms with van der Waals surface area (Å²) in [5.74, 6) is -0.466. The largest absolute Gasteiger partial charge is 0.332 e. The molecule has 1 aromatic carbocycles. The van der Waals surface area contributed by atoms with Crippen LogP contribution in [0.4, 0.5) is 4.39 Å².